The second-order valence-electron chi connectivity index (χ2n) is 5.63. The van der Waals surface area contributed by atoms with E-state index in [1.807, 2.05) is 0 Å². The van der Waals surface area contributed by atoms with E-state index in [0.717, 1.165) is 19.0 Å². The fourth-order valence-electron chi connectivity index (χ4n) is 3.12. The third kappa shape index (κ3) is 2.12. The quantitative estimate of drug-likeness (QED) is 0.827. The summed E-state index contributed by atoms with van der Waals surface area (Å²) in [6, 6.07) is 9.33. The van der Waals surface area contributed by atoms with Crippen LogP contribution in [0, 0.1) is 0 Å². The van der Waals surface area contributed by atoms with Gasteiger partial charge in [0.1, 0.15) is 0 Å². The van der Waals surface area contributed by atoms with E-state index < -0.39 is 0 Å². The van der Waals surface area contributed by atoms with E-state index in [2.05, 4.69) is 41.9 Å². The maximum atomic E-state index is 3.46. The highest BCUT2D eigenvalue weighted by atomic mass is 14.9. The smallest absolute Gasteiger partial charge is 0.00784 e. The highest BCUT2D eigenvalue weighted by molar-refractivity contribution is 5.37. The van der Waals surface area contributed by atoms with Crippen molar-refractivity contribution in [2.24, 2.45) is 0 Å². The van der Waals surface area contributed by atoms with Gasteiger partial charge in [0.15, 0.2) is 0 Å². The molecule has 0 radical (unpaired) electrons. The van der Waals surface area contributed by atoms with Crippen molar-refractivity contribution in [1.29, 1.82) is 0 Å². The van der Waals surface area contributed by atoms with E-state index in [4.69, 9.17) is 0 Å². The Kier molecular flexibility index (Phi) is 2.93. The zero-order chi connectivity index (χ0) is 11.7. The SMILES string of the molecule is CNCC1(c2cccc(C3CCNC3)c2)CC1. The Bertz CT molecular complexity index is 390. The van der Waals surface area contributed by atoms with Crippen molar-refractivity contribution in [1.82, 2.24) is 10.6 Å². The summed E-state index contributed by atoms with van der Waals surface area (Å²) in [7, 11) is 2.06. The molecule has 1 aliphatic heterocycles. The Balaban J connectivity index is 1.83. The lowest BCUT2D eigenvalue weighted by Crippen LogP contribution is -2.23. The lowest BCUT2D eigenvalue weighted by Gasteiger charge is -2.18. The third-order valence-electron chi connectivity index (χ3n) is 4.40. The van der Waals surface area contributed by atoms with Crippen molar-refractivity contribution in [3.05, 3.63) is 35.4 Å². The van der Waals surface area contributed by atoms with Crippen molar-refractivity contribution in [2.45, 2.75) is 30.6 Å². The second-order valence-corrected chi connectivity index (χ2v) is 5.63. The Morgan fingerprint density at radius 1 is 1.41 bits per heavy atom. The van der Waals surface area contributed by atoms with Crippen LogP contribution in [0.5, 0.6) is 0 Å². The number of benzene rings is 1. The van der Waals surface area contributed by atoms with Crippen molar-refractivity contribution in [3.63, 3.8) is 0 Å². The molecule has 1 saturated heterocycles. The molecule has 1 aromatic carbocycles. The molecule has 3 rings (SSSR count). The molecule has 92 valence electrons. The zero-order valence-corrected chi connectivity index (χ0v) is 10.6. The number of hydrogen-bond donors (Lipinski definition) is 2. The van der Waals surface area contributed by atoms with Crippen molar-refractivity contribution < 1.29 is 0 Å². The molecular weight excluding hydrogens is 208 g/mol. The molecular formula is C15H22N2. The van der Waals surface area contributed by atoms with Gasteiger partial charge in [-0.2, -0.15) is 0 Å². The molecule has 2 nitrogen and oxygen atoms in total. The molecule has 1 unspecified atom stereocenters. The van der Waals surface area contributed by atoms with Crippen LogP contribution in [-0.4, -0.2) is 26.7 Å². The minimum Gasteiger partial charge on any atom is -0.319 e. The molecule has 1 aliphatic carbocycles. The van der Waals surface area contributed by atoms with Crippen LogP contribution in [-0.2, 0) is 5.41 Å². The molecule has 0 amide bonds. The van der Waals surface area contributed by atoms with Gasteiger partial charge in [-0.25, -0.2) is 0 Å². The molecule has 2 aliphatic rings. The predicted molar refractivity (Wildman–Crippen MR) is 71.5 cm³/mol. The molecule has 2 heteroatoms. The fourth-order valence-corrected chi connectivity index (χ4v) is 3.12. The lowest BCUT2D eigenvalue weighted by atomic mass is 9.90. The van der Waals surface area contributed by atoms with Crippen molar-refractivity contribution >= 4 is 0 Å². The van der Waals surface area contributed by atoms with E-state index in [1.165, 1.54) is 31.4 Å². The lowest BCUT2D eigenvalue weighted by molar-refractivity contribution is 0.622. The maximum absolute atomic E-state index is 3.46. The van der Waals surface area contributed by atoms with Gasteiger partial charge >= 0.3 is 0 Å². The first kappa shape index (κ1) is 11.2. The van der Waals surface area contributed by atoms with E-state index in [9.17, 15) is 0 Å². The summed E-state index contributed by atoms with van der Waals surface area (Å²) in [5, 5.41) is 6.80. The third-order valence-corrected chi connectivity index (χ3v) is 4.40. The number of hydrogen-bond acceptors (Lipinski definition) is 2. The van der Waals surface area contributed by atoms with Crippen LogP contribution in [0.3, 0.4) is 0 Å². The summed E-state index contributed by atoms with van der Waals surface area (Å²) in [6.45, 7) is 3.46. The Morgan fingerprint density at radius 2 is 2.29 bits per heavy atom. The topological polar surface area (TPSA) is 24.1 Å². The Morgan fingerprint density at radius 3 is 2.94 bits per heavy atom. The molecule has 2 fully saturated rings. The van der Waals surface area contributed by atoms with Crippen molar-refractivity contribution in [2.75, 3.05) is 26.7 Å². The predicted octanol–water partition coefficient (Wildman–Crippen LogP) is 2.01. The normalized spacial score (nSPS) is 26.1. The van der Waals surface area contributed by atoms with Crippen molar-refractivity contribution in [3.8, 4) is 0 Å². The van der Waals surface area contributed by atoms with Crippen LogP contribution in [0.15, 0.2) is 24.3 Å². The van der Waals surface area contributed by atoms with Crippen LogP contribution in [0.4, 0.5) is 0 Å². The maximum Gasteiger partial charge on any atom is 0.00784 e. The number of likely N-dealkylation sites (N-methyl/N-ethyl adjacent to an activating group) is 1. The Labute approximate surface area is 104 Å². The van der Waals surface area contributed by atoms with Gasteiger partial charge in [-0.05, 0) is 49.9 Å². The summed E-state index contributed by atoms with van der Waals surface area (Å²) in [5.74, 6) is 0.736. The fraction of sp³-hybridized carbons (Fsp3) is 0.600. The van der Waals surface area contributed by atoms with E-state index in [0.29, 0.717) is 5.41 Å². The van der Waals surface area contributed by atoms with Gasteiger partial charge in [-0.15, -0.1) is 0 Å². The minimum atomic E-state index is 0.455. The molecule has 0 bridgehead atoms. The van der Waals surface area contributed by atoms with E-state index in [1.54, 1.807) is 5.56 Å². The van der Waals surface area contributed by atoms with Crippen LogP contribution >= 0.6 is 0 Å². The molecule has 1 aromatic rings. The number of nitrogens with one attached hydrogen (secondary N) is 2. The van der Waals surface area contributed by atoms with Gasteiger partial charge in [-0.1, -0.05) is 24.3 Å². The monoisotopic (exact) mass is 230 g/mol. The average molecular weight is 230 g/mol. The van der Waals surface area contributed by atoms with Crippen LogP contribution in [0.25, 0.3) is 0 Å². The zero-order valence-electron chi connectivity index (χ0n) is 10.6. The van der Waals surface area contributed by atoms with Gasteiger partial charge in [0.25, 0.3) is 0 Å². The van der Waals surface area contributed by atoms with Gasteiger partial charge in [0.05, 0.1) is 0 Å². The molecule has 1 heterocycles. The second kappa shape index (κ2) is 4.43. The first-order chi connectivity index (χ1) is 8.34. The van der Waals surface area contributed by atoms with Crippen LogP contribution < -0.4 is 10.6 Å². The largest absolute Gasteiger partial charge is 0.319 e. The first-order valence-corrected chi connectivity index (χ1v) is 6.80. The van der Waals surface area contributed by atoms with E-state index in [-0.39, 0.29) is 0 Å². The standard InChI is InChI=1S/C15H22N2/c1-16-11-15(6-7-15)14-4-2-3-12(9-14)13-5-8-17-10-13/h2-4,9,13,16-17H,5-8,10-11H2,1H3. The Hall–Kier alpha value is -0.860. The molecule has 0 spiro atoms. The summed E-state index contributed by atoms with van der Waals surface area (Å²) >= 11 is 0. The minimum absolute atomic E-state index is 0.455. The highest BCUT2D eigenvalue weighted by Gasteiger charge is 2.43. The molecule has 2 N–H and O–H groups in total. The van der Waals surface area contributed by atoms with E-state index >= 15 is 0 Å². The van der Waals surface area contributed by atoms with Crippen LogP contribution in [0.1, 0.15) is 36.3 Å². The summed E-state index contributed by atoms with van der Waals surface area (Å²) in [5.41, 5.74) is 3.54. The summed E-state index contributed by atoms with van der Waals surface area (Å²) in [6.07, 6.45) is 3.99. The molecule has 1 atom stereocenters. The molecule has 17 heavy (non-hydrogen) atoms. The average Bonchev–Trinajstić information content (AvgIpc) is 2.94. The van der Waals surface area contributed by atoms with Gasteiger partial charge in [-0.3, -0.25) is 0 Å². The molecule has 0 aromatic heterocycles. The van der Waals surface area contributed by atoms with Gasteiger partial charge < -0.3 is 10.6 Å². The summed E-state index contributed by atoms with van der Waals surface area (Å²) in [4.78, 5) is 0. The van der Waals surface area contributed by atoms with Gasteiger partial charge in [0, 0.05) is 18.5 Å². The first-order valence-electron chi connectivity index (χ1n) is 6.80. The summed E-state index contributed by atoms with van der Waals surface area (Å²) < 4.78 is 0. The van der Waals surface area contributed by atoms with Crippen LogP contribution in [0.2, 0.25) is 0 Å². The van der Waals surface area contributed by atoms with Gasteiger partial charge in [0.2, 0.25) is 0 Å². The number of rotatable bonds is 4. The molecule has 1 saturated carbocycles. The highest BCUT2D eigenvalue weighted by Crippen LogP contribution is 2.48.